The first-order valence-corrected chi connectivity index (χ1v) is 16.5. The Hall–Kier alpha value is -6.38. The Kier molecular flexibility index (Phi) is 5.91. The molecule has 10 rings (SSSR count). The summed E-state index contributed by atoms with van der Waals surface area (Å²) in [7, 11) is 0. The van der Waals surface area contributed by atoms with Gasteiger partial charge in [0, 0.05) is 32.9 Å². The van der Waals surface area contributed by atoms with E-state index in [9.17, 15) is 0 Å². The van der Waals surface area contributed by atoms with E-state index in [2.05, 4.69) is 191 Å². The van der Waals surface area contributed by atoms with Crippen molar-refractivity contribution >= 4 is 54.4 Å². The van der Waals surface area contributed by atoms with Crippen LogP contribution >= 0.6 is 0 Å². The molecule has 0 radical (unpaired) electrons. The number of benzene rings is 8. The maximum Gasteiger partial charge on any atom is 0.0647 e. The van der Waals surface area contributed by atoms with Crippen LogP contribution in [-0.4, -0.2) is 9.13 Å². The largest absolute Gasteiger partial charge is 0.309 e. The molecule has 0 fully saturated rings. The molecule has 0 amide bonds. The van der Waals surface area contributed by atoms with Gasteiger partial charge in [-0.3, -0.25) is 0 Å². The second-order valence-electron chi connectivity index (χ2n) is 12.5. The molecular formula is C46H30N2. The molecule has 0 saturated heterocycles. The minimum Gasteiger partial charge on any atom is -0.309 e. The number of nitrogens with zero attached hydrogens (tertiary/aromatic N) is 2. The normalized spacial score (nSPS) is 11.8. The summed E-state index contributed by atoms with van der Waals surface area (Å²) in [6, 6.07) is 66.1. The zero-order chi connectivity index (χ0) is 31.6. The molecule has 0 atom stereocenters. The molecule has 0 aliphatic rings. The van der Waals surface area contributed by atoms with Crippen molar-refractivity contribution < 1.29 is 0 Å². The lowest BCUT2D eigenvalue weighted by atomic mass is 9.93. The van der Waals surface area contributed by atoms with Gasteiger partial charge in [-0.25, -0.2) is 0 Å². The average molecular weight is 611 g/mol. The highest BCUT2D eigenvalue weighted by Crippen LogP contribution is 2.46. The zero-order valence-electron chi connectivity index (χ0n) is 26.2. The van der Waals surface area contributed by atoms with Gasteiger partial charge < -0.3 is 9.13 Å². The predicted molar refractivity (Wildman–Crippen MR) is 203 cm³/mol. The van der Waals surface area contributed by atoms with E-state index >= 15 is 0 Å². The van der Waals surface area contributed by atoms with E-state index in [0.717, 1.165) is 11.4 Å². The Morgan fingerprint density at radius 1 is 0.312 bits per heavy atom. The highest BCUT2D eigenvalue weighted by molar-refractivity contribution is 6.29. The fourth-order valence-electron chi connectivity index (χ4n) is 7.84. The second kappa shape index (κ2) is 10.6. The third-order valence-electron chi connectivity index (χ3n) is 9.90. The van der Waals surface area contributed by atoms with Gasteiger partial charge in [-0.2, -0.15) is 0 Å². The number of para-hydroxylation sites is 4. The average Bonchev–Trinajstić information content (AvgIpc) is 3.68. The van der Waals surface area contributed by atoms with Crippen molar-refractivity contribution in [3.8, 4) is 33.6 Å². The van der Waals surface area contributed by atoms with Crippen LogP contribution in [0, 0.1) is 0 Å². The van der Waals surface area contributed by atoms with Crippen molar-refractivity contribution in [2.24, 2.45) is 0 Å². The molecule has 0 N–H and O–H groups in total. The monoisotopic (exact) mass is 610 g/mol. The van der Waals surface area contributed by atoms with Crippen LogP contribution in [-0.2, 0) is 0 Å². The number of hydrogen-bond donors (Lipinski definition) is 0. The van der Waals surface area contributed by atoms with E-state index < -0.39 is 0 Å². The van der Waals surface area contributed by atoms with E-state index in [0.29, 0.717) is 0 Å². The zero-order valence-corrected chi connectivity index (χ0v) is 26.2. The quantitative estimate of drug-likeness (QED) is 0.188. The van der Waals surface area contributed by atoms with Gasteiger partial charge in [-0.1, -0.05) is 140 Å². The minimum absolute atomic E-state index is 1.16. The lowest BCUT2D eigenvalue weighted by Gasteiger charge is -2.13. The summed E-state index contributed by atoms with van der Waals surface area (Å²) in [5, 5.41) is 7.57. The van der Waals surface area contributed by atoms with Crippen molar-refractivity contribution in [3.05, 3.63) is 182 Å². The van der Waals surface area contributed by atoms with Gasteiger partial charge in [-0.05, 0) is 75.5 Å². The lowest BCUT2D eigenvalue weighted by Crippen LogP contribution is -1.96. The fourth-order valence-corrected chi connectivity index (χ4v) is 7.84. The summed E-state index contributed by atoms with van der Waals surface area (Å²) in [4.78, 5) is 0. The summed E-state index contributed by atoms with van der Waals surface area (Å²) in [6.07, 6.45) is 0. The Balaban J connectivity index is 1.35. The van der Waals surface area contributed by atoms with E-state index in [1.54, 1.807) is 0 Å². The number of rotatable bonds is 4. The first-order chi connectivity index (χ1) is 23.8. The third-order valence-corrected chi connectivity index (χ3v) is 9.90. The van der Waals surface area contributed by atoms with Gasteiger partial charge in [0.2, 0.25) is 0 Å². The molecule has 0 unspecified atom stereocenters. The van der Waals surface area contributed by atoms with Gasteiger partial charge in [-0.15, -0.1) is 0 Å². The SMILES string of the molecule is c1ccc(-n2c3ccccc3c3c2cc(-c2ccc(-c4cccc5ccccc45)cc2)c2c4ccccc4n(-c4ccccc4)c23)cc1. The van der Waals surface area contributed by atoms with E-state index in [4.69, 9.17) is 0 Å². The van der Waals surface area contributed by atoms with Crippen LogP contribution in [0.25, 0.3) is 88.0 Å². The molecule has 0 spiro atoms. The minimum atomic E-state index is 1.16. The molecule has 2 heterocycles. The van der Waals surface area contributed by atoms with Gasteiger partial charge in [0.1, 0.15) is 0 Å². The smallest absolute Gasteiger partial charge is 0.0647 e. The van der Waals surface area contributed by atoms with Crippen molar-refractivity contribution in [1.29, 1.82) is 0 Å². The van der Waals surface area contributed by atoms with E-state index in [1.807, 2.05) is 0 Å². The van der Waals surface area contributed by atoms with Crippen LogP contribution in [0.3, 0.4) is 0 Å². The van der Waals surface area contributed by atoms with Crippen molar-refractivity contribution in [3.63, 3.8) is 0 Å². The summed E-state index contributed by atoms with van der Waals surface area (Å²) in [6.45, 7) is 0. The fraction of sp³-hybridized carbons (Fsp3) is 0. The molecule has 8 aromatic carbocycles. The molecule has 2 aromatic heterocycles. The molecule has 224 valence electrons. The topological polar surface area (TPSA) is 9.86 Å². The molecule has 2 heteroatoms. The first kappa shape index (κ1) is 26.8. The third kappa shape index (κ3) is 3.93. The Labute approximate surface area is 278 Å². The lowest BCUT2D eigenvalue weighted by molar-refractivity contribution is 1.17. The van der Waals surface area contributed by atoms with Crippen LogP contribution < -0.4 is 0 Å². The van der Waals surface area contributed by atoms with Crippen LogP contribution in [0.1, 0.15) is 0 Å². The molecule has 0 saturated carbocycles. The standard InChI is InChI=1S/C46H30N2/c1-3-16-34(17-4-1)47-41-24-11-10-22-39(41)45-43(47)30-40(33-28-26-32(27-29-33)37-23-13-15-31-14-7-8-20-36(31)37)44-38-21-9-12-25-42(38)48(46(44)45)35-18-5-2-6-19-35/h1-30H. The van der Waals surface area contributed by atoms with Gasteiger partial charge >= 0.3 is 0 Å². The van der Waals surface area contributed by atoms with Crippen LogP contribution in [0.4, 0.5) is 0 Å². The maximum atomic E-state index is 2.47. The van der Waals surface area contributed by atoms with Crippen LogP contribution in [0.2, 0.25) is 0 Å². The highest BCUT2D eigenvalue weighted by Gasteiger charge is 2.24. The van der Waals surface area contributed by atoms with Crippen molar-refractivity contribution in [2.45, 2.75) is 0 Å². The van der Waals surface area contributed by atoms with Gasteiger partial charge in [0.15, 0.2) is 0 Å². The molecule has 0 bridgehead atoms. The van der Waals surface area contributed by atoms with Crippen molar-refractivity contribution in [2.75, 3.05) is 0 Å². The summed E-state index contributed by atoms with van der Waals surface area (Å²) < 4.78 is 4.91. The van der Waals surface area contributed by atoms with Crippen LogP contribution in [0.5, 0.6) is 0 Å². The molecule has 0 aliphatic carbocycles. The van der Waals surface area contributed by atoms with E-state index in [1.165, 1.54) is 76.6 Å². The van der Waals surface area contributed by atoms with Gasteiger partial charge in [0.25, 0.3) is 0 Å². The van der Waals surface area contributed by atoms with Crippen LogP contribution in [0.15, 0.2) is 182 Å². The number of aromatic nitrogens is 2. The Bertz CT molecular complexity index is 2800. The highest BCUT2D eigenvalue weighted by atomic mass is 15.0. The van der Waals surface area contributed by atoms with Gasteiger partial charge in [0.05, 0.1) is 22.1 Å². The number of hydrogen-bond acceptors (Lipinski definition) is 0. The number of fused-ring (bicyclic) bond motifs is 8. The molecule has 0 aliphatic heterocycles. The van der Waals surface area contributed by atoms with Crippen molar-refractivity contribution in [1.82, 2.24) is 9.13 Å². The summed E-state index contributed by atoms with van der Waals surface area (Å²) in [5.41, 5.74) is 12.1. The Morgan fingerprint density at radius 2 is 0.812 bits per heavy atom. The first-order valence-electron chi connectivity index (χ1n) is 16.5. The maximum absolute atomic E-state index is 2.47. The second-order valence-corrected chi connectivity index (χ2v) is 12.5. The molecule has 2 nitrogen and oxygen atoms in total. The summed E-state index contributed by atoms with van der Waals surface area (Å²) in [5.74, 6) is 0. The molecule has 10 aromatic rings. The molecular weight excluding hydrogens is 581 g/mol. The summed E-state index contributed by atoms with van der Waals surface area (Å²) >= 11 is 0. The predicted octanol–water partition coefficient (Wildman–Crippen LogP) is 12.4. The van der Waals surface area contributed by atoms with E-state index in [-0.39, 0.29) is 0 Å². The molecule has 48 heavy (non-hydrogen) atoms. The Morgan fingerprint density at radius 3 is 1.50 bits per heavy atom.